The largest absolute Gasteiger partial charge is 0.381 e. The standard InChI is InChI=1S/C18H25N3O3S/c1-19-13-18(5-9-24-10-6-18)21(17(19)23)15-2-7-20(8-3-15)16(22)14-4-11-25-12-14/h4,11-12,15H,2-3,5-10,13H2,1H3. The van der Waals surface area contributed by atoms with Gasteiger partial charge in [-0.05, 0) is 37.1 Å². The van der Waals surface area contributed by atoms with E-state index in [1.807, 2.05) is 33.7 Å². The summed E-state index contributed by atoms with van der Waals surface area (Å²) in [5.41, 5.74) is 0.704. The van der Waals surface area contributed by atoms with Crippen LogP contribution in [-0.4, -0.2) is 78.1 Å². The highest BCUT2D eigenvalue weighted by Crippen LogP contribution is 2.38. The summed E-state index contributed by atoms with van der Waals surface area (Å²) in [7, 11) is 1.90. The number of likely N-dealkylation sites (N-methyl/N-ethyl adjacent to an activating group) is 1. The van der Waals surface area contributed by atoms with Crippen molar-refractivity contribution in [3.8, 4) is 0 Å². The fourth-order valence-electron chi connectivity index (χ4n) is 4.56. The Morgan fingerprint density at radius 3 is 2.64 bits per heavy atom. The van der Waals surface area contributed by atoms with E-state index in [0.29, 0.717) is 0 Å². The lowest BCUT2D eigenvalue weighted by atomic mass is 9.86. The smallest absolute Gasteiger partial charge is 0.320 e. The van der Waals surface area contributed by atoms with E-state index >= 15 is 0 Å². The maximum absolute atomic E-state index is 12.8. The van der Waals surface area contributed by atoms with Gasteiger partial charge >= 0.3 is 6.03 Å². The zero-order valence-electron chi connectivity index (χ0n) is 14.6. The molecule has 0 saturated carbocycles. The van der Waals surface area contributed by atoms with Crippen molar-refractivity contribution >= 4 is 23.3 Å². The van der Waals surface area contributed by atoms with Crippen molar-refractivity contribution in [1.29, 1.82) is 0 Å². The second-order valence-corrected chi connectivity index (χ2v) is 8.16. The van der Waals surface area contributed by atoms with Gasteiger partial charge in [-0.25, -0.2) is 4.79 Å². The van der Waals surface area contributed by atoms with Gasteiger partial charge in [0.05, 0.1) is 11.1 Å². The van der Waals surface area contributed by atoms with Gasteiger partial charge in [0, 0.05) is 51.3 Å². The van der Waals surface area contributed by atoms with Crippen molar-refractivity contribution in [2.24, 2.45) is 0 Å². The topological polar surface area (TPSA) is 53.1 Å². The molecule has 3 fully saturated rings. The van der Waals surface area contributed by atoms with Crippen LogP contribution in [0.15, 0.2) is 16.8 Å². The Labute approximate surface area is 152 Å². The lowest BCUT2D eigenvalue weighted by molar-refractivity contribution is -0.0151. The summed E-state index contributed by atoms with van der Waals surface area (Å²) in [4.78, 5) is 31.3. The molecule has 0 radical (unpaired) electrons. The van der Waals surface area contributed by atoms with Crippen molar-refractivity contribution in [3.05, 3.63) is 22.4 Å². The zero-order chi connectivity index (χ0) is 17.4. The molecule has 0 aliphatic carbocycles. The summed E-state index contributed by atoms with van der Waals surface area (Å²) in [6.45, 7) is 3.70. The molecule has 3 aliphatic heterocycles. The fourth-order valence-corrected chi connectivity index (χ4v) is 5.19. The highest BCUT2D eigenvalue weighted by atomic mass is 32.1. The Kier molecular flexibility index (Phi) is 4.45. The molecule has 3 amide bonds. The van der Waals surface area contributed by atoms with Crippen molar-refractivity contribution in [3.63, 3.8) is 0 Å². The van der Waals surface area contributed by atoms with Crippen LogP contribution >= 0.6 is 11.3 Å². The molecule has 6 nitrogen and oxygen atoms in total. The molecule has 0 aromatic carbocycles. The van der Waals surface area contributed by atoms with Gasteiger partial charge in [-0.2, -0.15) is 11.3 Å². The zero-order valence-corrected chi connectivity index (χ0v) is 15.5. The molecular weight excluding hydrogens is 338 g/mol. The molecular formula is C18H25N3O3S. The van der Waals surface area contributed by atoms with Crippen LogP contribution in [-0.2, 0) is 4.74 Å². The molecule has 136 valence electrons. The number of carbonyl (C=O) groups excluding carboxylic acids is 2. The number of ether oxygens (including phenoxy) is 1. The first kappa shape index (κ1) is 16.8. The second kappa shape index (κ2) is 6.61. The lowest BCUT2D eigenvalue weighted by Crippen LogP contribution is -2.57. The van der Waals surface area contributed by atoms with Gasteiger partial charge < -0.3 is 19.4 Å². The Morgan fingerprint density at radius 2 is 2.00 bits per heavy atom. The highest BCUT2D eigenvalue weighted by molar-refractivity contribution is 7.08. The van der Waals surface area contributed by atoms with Gasteiger partial charge in [0.15, 0.2) is 0 Å². The van der Waals surface area contributed by atoms with E-state index in [-0.39, 0.29) is 23.5 Å². The maximum Gasteiger partial charge on any atom is 0.320 e. The number of nitrogens with zero attached hydrogens (tertiary/aromatic N) is 3. The number of thiophene rings is 1. The summed E-state index contributed by atoms with van der Waals surface area (Å²) in [6.07, 6.45) is 3.55. The van der Waals surface area contributed by atoms with Crippen LogP contribution in [0.4, 0.5) is 4.79 Å². The molecule has 0 atom stereocenters. The number of piperidine rings is 1. The van der Waals surface area contributed by atoms with Crippen LogP contribution in [0.25, 0.3) is 0 Å². The van der Waals surface area contributed by atoms with E-state index in [4.69, 9.17) is 4.74 Å². The first-order chi connectivity index (χ1) is 12.1. The lowest BCUT2D eigenvalue weighted by Gasteiger charge is -2.46. The SMILES string of the molecule is CN1CC2(CCOCC2)N(C2CCN(C(=O)c3ccsc3)CC2)C1=O. The molecule has 0 unspecified atom stereocenters. The Morgan fingerprint density at radius 1 is 1.28 bits per heavy atom. The number of likely N-dealkylation sites (tertiary alicyclic amines) is 1. The van der Waals surface area contributed by atoms with Gasteiger partial charge in [-0.1, -0.05) is 0 Å². The fraction of sp³-hybridized carbons (Fsp3) is 0.667. The van der Waals surface area contributed by atoms with E-state index in [9.17, 15) is 9.59 Å². The molecule has 25 heavy (non-hydrogen) atoms. The van der Waals surface area contributed by atoms with Gasteiger partial charge in [0.1, 0.15) is 0 Å². The third kappa shape index (κ3) is 2.93. The van der Waals surface area contributed by atoms with Crippen molar-refractivity contribution in [2.45, 2.75) is 37.3 Å². The van der Waals surface area contributed by atoms with E-state index in [1.165, 1.54) is 0 Å². The number of carbonyl (C=O) groups is 2. The number of hydrogen-bond acceptors (Lipinski definition) is 4. The Balaban J connectivity index is 1.45. The minimum atomic E-state index is -0.0751. The van der Waals surface area contributed by atoms with E-state index in [0.717, 1.165) is 64.1 Å². The molecule has 1 aromatic rings. The van der Waals surface area contributed by atoms with Crippen LogP contribution in [0.1, 0.15) is 36.0 Å². The first-order valence-corrected chi connectivity index (χ1v) is 9.99. The summed E-state index contributed by atoms with van der Waals surface area (Å²) in [5.74, 6) is 0.116. The molecule has 7 heteroatoms. The maximum atomic E-state index is 12.8. The van der Waals surface area contributed by atoms with Gasteiger partial charge in [0.2, 0.25) is 0 Å². The predicted octanol–water partition coefficient (Wildman–Crippen LogP) is 2.27. The highest BCUT2D eigenvalue weighted by Gasteiger charge is 2.52. The van der Waals surface area contributed by atoms with Gasteiger partial charge in [0.25, 0.3) is 5.91 Å². The first-order valence-electron chi connectivity index (χ1n) is 9.04. The van der Waals surface area contributed by atoms with E-state index < -0.39 is 0 Å². The molecule has 0 bridgehead atoms. The van der Waals surface area contributed by atoms with Crippen LogP contribution in [0.2, 0.25) is 0 Å². The molecule has 4 rings (SSSR count). The number of amides is 3. The summed E-state index contributed by atoms with van der Waals surface area (Å²) in [5, 5.41) is 3.85. The minimum Gasteiger partial charge on any atom is -0.381 e. The quantitative estimate of drug-likeness (QED) is 0.810. The summed E-state index contributed by atoms with van der Waals surface area (Å²) in [6, 6.07) is 2.25. The number of rotatable bonds is 2. The molecule has 3 saturated heterocycles. The normalized spacial score (nSPS) is 24.4. The summed E-state index contributed by atoms with van der Waals surface area (Å²) < 4.78 is 5.54. The average Bonchev–Trinajstić information content (AvgIpc) is 3.24. The van der Waals surface area contributed by atoms with Crippen molar-refractivity contribution in [2.75, 3.05) is 39.9 Å². The van der Waals surface area contributed by atoms with Gasteiger partial charge in [-0.3, -0.25) is 4.79 Å². The van der Waals surface area contributed by atoms with E-state index in [2.05, 4.69) is 4.90 Å². The minimum absolute atomic E-state index is 0.0751. The molecule has 0 N–H and O–H groups in total. The Bertz CT molecular complexity index is 634. The summed E-state index contributed by atoms with van der Waals surface area (Å²) >= 11 is 1.55. The predicted molar refractivity (Wildman–Crippen MR) is 95.9 cm³/mol. The Hall–Kier alpha value is -1.60. The number of urea groups is 1. The average molecular weight is 363 g/mol. The monoisotopic (exact) mass is 363 g/mol. The van der Waals surface area contributed by atoms with Crippen molar-refractivity contribution < 1.29 is 14.3 Å². The van der Waals surface area contributed by atoms with Crippen LogP contribution in [0, 0.1) is 0 Å². The number of hydrogen-bond donors (Lipinski definition) is 0. The van der Waals surface area contributed by atoms with Crippen LogP contribution < -0.4 is 0 Å². The molecule has 3 aliphatic rings. The van der Waals surface area contributed by atoms with Gasteiger partial charge in [-0.15, -0.1) is 0 Å². The second-order valence-electron chi connectivity index (χ2n) is 7.38. The third-order valence-electron chi connectivity index (χ3n) is 5.88. The third-order valence-corrected chi connectivity index (χ3v) is 6.57. The van der Waals surface area contributed by atoms with Crippen molar-refractivity contribution in [1.82, 2.24) is 14.7 Å². The molecule has 1 spiro atoms. The molecule has 4 heterocycles. The van der Waals surface area contributed by atoms with E-state index in [1.54, 1.807) is 11.3 Å². The van der Waals surface area contributed by atoms with Crippen LogP contribution in [0.5, 0.6) is 0 Å². The van der Waals surface area contributed by atoms with Crippen LogP contribution in [0.3, 0.4) is 0 Å². The molecule has 1 aromatic heterocycles.